The van der Waals surface area contributed by atoms with Crippen molar-refractivity contribution in [3.63, 3.8) is 0 Å². The topological polar surface area (TPSA) is 85.8 Å². The van der Waals surface area contributed by atoms with Crippen LogP contribution >= 0.6 is 12.4 Å². The van der Waals surface area contributed by atoms with Crippen LogP contribution in [0.2, 0.25) is 0 Å². The minimum absolute atomic E-state index is 0. The van der Waals surface area contributed by atoms with Gasteiger partial charge in [0.1, 0.15) is 0 Å². The molecule has 13 heavy (non-hydrogen) atoms. The van der Waals surface area contributed by atoms with Gasteiger partial charge in [0.05, 0.1) is 12.7 Å². The minimum Gasteiger partial charge on any atom is -0.354 e. The Morgan fingerprint density at radius 2 is 2.46 bits per heavy atom. The average molecular weight is 206 g/mol. The van der Waals surface area contributed by atoms with E-state index >= 15 is 0 Å². The first-order chi connectivity index (χ1) is 5.77. The molecule has 0 atom stereocenters. The SMILES string of the molecule is CNC(=O)c1cn(CCN)nn1.Cl. The van der Waals surface area contributed by atoms with Gasteiger partial charge in [-0.25, -0.2) is 0 Å². The fraction of sp³-hybridized carbons (Fsp3) is 0.500. The Morgan fingerprint density at radius 3 is 3.00 bits per heavy atom. The van der Waals surface area contributed by atoms with Crippen LogP contribution in [0.3, 0.4) is 0 Å². The van der Waals surface area contributed by atoms with Crippen LogP contribution in [0.4, 0.5) is 0 Å². The van der Waals surface area contributed by atoms with Gasteiger partial charge in [-0.3, -0.25) is 9.48 Å². The number of nitrogens with two attached hydrogens (primary N) is 1. The number of aromatic nitrogens is 3. The molecule has 74 valence electrons. The fourth-order valence-corrected chi connectivity index (χ4v) is 0.772. The molecule has 0 fully saturated rings. The first-order valence-electron chi connectivity index (χ1n) is 3.60. The molecule has 6 nitrogen and oxygen atoms in total. The highest BCUT2D eigenvalue weighted by molar-refractivity contribution is 5.91. The lowest BCUT2D eigenvalue weighted by molar-refractivity contribution is 0.0958. The van der Waals surface area contributed by atoms with E-state index < -0.39 is 0 Å². The zero-order chi connectivity index (χ0) is 8.97. The minimum atomic E-state index is -0.238. The van der Waals surface area contributed by atoms with E-state index in [1.807, 2.05) is 0 Å². The maximum absolute atomic E-state index is 11.0. The fourth-order valence-electron chi connectivity index (χ4n) is 0.772. The number of rotatable bonds is 3. The van der Waals surface area contributed by atoms with Gasteiger partial charge in [0.25, 0.3) is 5.91 Å². The van der Waals surface area contributed by atoms with Crippen LogP contribution in [0.15, 0.2) is 6.20 Å². The van der Waals surface area contributed by atoms with Gasteiger partial charge in [0.15, 0.2) is 5.69 Å². The number of nitrogens with zero attached hydrogens (tertiary/aromatic N) is 3. The van der Waals surface area contributed by atoms with Crippen LogP contribution in [-0.2, 0) is 6.54 Å². The quantitative estimate of drug-likeness (QED) is 0.664. The molecule has 1 rings (SSSR count). The highest BCUT2D eigenvalue weighted by Crippen LogP contribution is 1.91. The first kappa shape index (κ1) is 11.9. The second-order valence-corrected chi connectivity index (χ2v) is 2.23. The van der Waals surface area contributed by atoms with Crippen molar-refractivity contribution in [2.75, 3.05) is 13.6 Å². The van der Waals surface area contributed by atoms with Crippen molar-refractivity contribution < 1.29 is 4.79 Å². The van der Waals surface area contributed by atoms with Crippen molar-refractivity contribution in [2.24, 2.45) is 5.73 Å². The lowest BCUT2D eigenvalue weighted by Crippen LogP contribution is -2.18. The lowest BCUT2D eigenvalue weighted by atomic mass is 10.4. The second-order valence-electron chi connectivity index (χ2n) is 2.23. The molecule has 1 aromatic heterocycles. The standard InChI is InChI=1S/C6H11N5O.ClH/c1-8-6(12)5-4-11(3-2-7)10-9-5;/h4H,2-3,7H2,1H3,(H,8,12);1H. The molecule has 1 aromatic rings. The maximum atomic E-state index is 11.0. The Morgan fingerprint density at radius 1 is 1.77 bits per heavy atom. The van der Waals surface area contributed by atoms with E-state index in [0.29, 0.717) is 18.8 Å². The third-order valence-corrected chi connectivity index (χ3v) is 1.36. The van der Waals surface area contributed by atoms with Crippen molar-refractivity contribution in [1.82, 2.24) is 20.3 Å². The number of hydrogen-bond acceptors (Lipinski definition) is 4. The van der Waals surface area contributed by atoms with Gasteiger partial charge in [-0.05, 0) is 0 Å². The Hall–Kier alpha value is -1.14. The Bertz CT molecular complexity index is 274. The molecule has 0 radical (unpaired) electrons. The van der Waals surface area contributed by atoms with Crippen molar-refractivity contribution in [3.8, 4) is 0 Å². The molecule has 0 bridgehead atoms. The van der Waals surface area contributed by atoms with Crippen LogP contribution in [0.25, 0.3) is 0 Å². The summed E-state index contributed by atoms with van der Waals surface area (Å²) in [5.41, 5.74) is 5.60. The second kappa shape index (κ2) is 5.50. The number of carbonyl (C=O) groups is 1. The molecule has 1 amide bonds. The molecule has 7 heteroatoms. The lowest BCUT2D eigenvalue weighted by Gasteiger charge is -1.93. The summed E-state index contributed by atoms with van der Waals surface area (Å²) < 4.78 is 1.53. The van der Waals surface area contributed by atoms with Crippen molar-refractivity contribution in [3.05, 3.63) is 11.9 Å². The number of nitrogens with one attached hydrogen (secondary N) is 1. The van der Waals surface area contributed by atoms with Gasteiger partial charge in [0, 0.05) is 13.6 Å². The van der Waals surface area contributed by atoms with Crippen LogP contribution in [0.1, 0.15) is 10.5 Å². The highest BCUT2D eigenvalue weighted by atomic mass is 35.5. The van der Waals surface area contributed by atoms with E-state index in [9.17, 15) is 4.79 Å². The highest BCUT2D eigenvalue weighted by Gasteiger charge is 2.06. The molecule has 0 aromatic carbocycles. The molecule has 1 heterocycles. The number of halogens is 1. The van der Waals surface area contributed by atoms with E-state index in [1.54, 1.807) is 13.2 Å². The number of amides is 1. The summed E-state index contributed by atoms with van der Waals surface area (Å²) in [5, 5.41) is 9.80. The van der Waals surface area contributed by atoms with E-state index in [2.05, 4.69) is 15.6 Å². The van der Waals surface area contributed by atoms with Gasteiger partial charge in [-0.2, -0.15) is 0 Å². The molecule has 0 saturated carbocycles. The van der Waals surface area contributed by atoms with Crippen LogP contribution < -0.4 is 11.1 Å². The van der Waals surface area contributed by atoms with Gasteiger partial charge in [-0.1, -0.05) is 5.21 Å². The summed E-state index contributed by atoms with van der Waals surface area (Å²) in [5.74, 6) is -0.238. The van der Waals surface area contributed by atoms with Gasteiger partial charge < -0.3 is 11.1 Å². The molecule has 0 unspecified atom stereocenters. The molecule has 0 spiro atoms. The zero-order valence-electron chi connectivity index (χ0n) is 7.23. The summed E-state index contributed by atoms with van der Waals surface area (Å²) in [7, 11) is 1.55. The normalized spacial score (nSPS) is 9.08. The summed E-state index contributed by atoms with van der Waals surface area (Å²) in [6.45, 7) is 1.06. The van der Waals surface area contributed by atoms with Crippen molar-refractivity contribution in [1.29, 1.82) is 0 Å². The Balaban J connectivity index is 0.00000144. The van der Waals surface area contributed by atoms with Gasteiger partial charge >= 0.3 is 0 Å². The summed E-state index contributed by atoms with van der Waals surface area (Å²) in [6.07, 6.45) is 1.56. The molecule has 3 N–H and O–H groups in total. The maximum Gasteiger partial charge on any atom is 0.273 e. The van der Waals surface area contributed by atoms with Crippen molar-refractivity contribution in [2.45, 2.75) is 6.54 Å². The first-order valence-corrected chi connectivity index (χ1v) is 3.60. The summed E-state index contributed by atoms with van der Waals surface area (Å²) in [6, 6.07) is 0. The average Bonchev–Trinajstić information content (AvgIpc) is 2.52. The summed E-state index contributed by atoms with van der Waals surface area (Å²) in [4.78, 5) is 11.0. The van der Waals surface area contributed by atoms with Gasteiger partial charge in [-0.15, -0.1) is 17.5 Å². The van der Waals surface area contributed by atoms with E-state index in [0.717, 1.165) is 0 Å². The third kappa shape index (κ3) is 3.00. The monoisotopic (exact) mass is 205 g/mol. The molecule has 0 aliphatic rings. The molecule has 0 aliphatic heterocycles. The predicted molar refractivity (Wildman–Crippen MR) is 49.7 cm³/mol. The smallest absolute Gasteiger partial charge is 0.273 e. The van der Waals surface area contributed by atoms with E-state index in [1.165, 1.54) is 4.68 Å². The van der Waals surface area contributed by atoms with Crippen LogP contribution in [-0.4, -0.2) is 34.5 Å². The van der Waals surface area contributed by atoms with Gasteiger partial charge in [0.2, 0.25) is 0 Å². The predicted octanol–water partition coefficient (Wildman–Crippen LogP) is -0.982. The Kier molecular flexibility index (Phi) is 5.01. The van der Waals surface area contributed by atoms with E-state index in [-0.39, 0.29) is 18.3 Å². The molecular formula is C6H12ClN5O. The van der Waals surface area contributed by atoms with Crippen LogP contribution in [0, 0.1) is 0 Å². The molecule has 0 aliphatic carbocycles. The number of carbonyl (C=O) groups excluding carboxylic acids is 1. The van der Waals surface area contributed by atoms with Crippen molar-refractivity contribution >= 4 is 18.3 Å². The Labute approximate surface area is 81.9 Å². The third-order valence-electron chi connectivity index (χ3n) is 1.36. The number of hydrogen-bond donors (Lipinski definition) is 2. The molecule has 0 saturated heterocycles. The molecular weight excluding hydrogens is 194 g/mol. The van der Waals surface area contributed by atoms with Crippen LogP contribution in [0.5, 0.6) is 0 Å². The summed E-state index contributed by atoms with van der Waals surface area (Å²) >= 11 is 0. The largest absolute Gasteiger partial charge is 0.354 e. The van der Waals surface area contributed by atoms with E-state index in [4.69, 9.17) is 5.73 Å². The zero-order valence-corrected chi connectivity index (χ0v) is 8.04.